The van der Waals surface area contributed by atoms with Gasteiger partial charge in [-0.3, -0.25) is 19.4 Å². The number of amides is 1. The minimum Gasteiger partial charge on any atom is -0.497 e. The summed E-state index contributed by atoms with van der Waals surface area (Å²) in [5, 5.41) is 0.245. The van der Waals surface area contributed by atoms with Crippen molar-refractivity contribution in [3.8, 4) is 35.3 Å². The fourth-order valence-electron chi connectivity index (χ4n) is 7.60. The second-order valence-corrected chi connectivity index (χ2v) is 14.4. The summed E-state index contributed by atoms with van der Waals surface area (Å²) in [5.41, 5.74) is 0.146. The lowest BCUT2D eigenvalue weighted by Gasteiger charge is -2.50. The highest BCUT2D eigenvalue weighted by Crippen LogP contribution is 2.30. The van der Waals surface area contributed by atoms with Gasteiger partial charge in [0.15, 0.2) is 0 Å². The number of halogens is 2. The molecule has 4 heterocycles. The number of rotatable bonds is 18. The lowest BCUT2D eigenvalue weighted by atomic mass is 10.1. The van der Waals surface area contributed by atoms with Crippen molar-refractivity contribution in [2.24, 2.45) is 0 Å². The standard InChI is InChI=1S/C43H51F2N4O5/c1-4-14-47(34-25-32(44)24-33(45)26-34)43(51)40-31-48(35-27-37(52-3)29-38(28-35)53-22-5-2)41-30-36(12-13-39(41)42(40)50)54-23-11-9-7-6-8-10-18-49-19-15-46(16-20-49)17-21-49/h1,12-13,24-31H,5-11,14-23H2,2-3H3/q+1. The number of hydrogen-bond donors (Lipinski definition) is 0. The summed E-state index contributed by atoms with van der Waals surface area (Å²) < 4.78 is 49.2. The highest BCUT2D eigenvalue weighted by atomic mass is 19.1. The van der Waals surface area contributed by atoms with Gasteiger partial charge < -0.3 is 23.3 Å². The van der Waals surface area contributed by atoms with Gasteiger partial charge in [0.2, 0.25) is 5.43 Å². The number of carbonyl (C=O) groups is 1. The van der Waals surface area contributed by atoms with Crippen LogP contribution < -0.4 is 24.5 Å². The van der Waals surface area contributed by atoms with E-state index >= 15 is 0 Å². The number of terminal acetylenes is 1. The molecule has 286 valence electrons. The second kappa shape index (κ2) is 17.9. The predicted octanol–water partition coefficient (Wildman–Crippen LogP) is 7.21. The average molecular weight is 742 g/mol. The lowest BCUT2D eigenvalue weighted by Crippen LogP contribution is -2.67. The Kier molecular flexibility index (Phi) is 12.9. The van der Waals surface area contributed by atoms with E-state index < -0.39 is 23.0 Å². The molecular formula is C43H51F2N4O5+. The van der Waals surface area contributed by atoms with Crippen molar-refractivity contribution >= 4 is 22.5 Å². The normalized spacial score (nSPS) is 17.6. The van der Waals surface area contributed by atoms with Crippen molar-refractivity contribution in [3.63, 3.8) is 0 Å². The third kappa shape index (κ3) is 9.23. The van der Waals surface area contributed by atoms with Gasteiger partial charge in [0.1, 0.15) is 34.4 Å². The summed E-state index contributed by atoms with van der Waals surface area (Å²) in [4.78, 5) is 31.7. The minimum atomic E-state index is -0.881. The molecule has 2 bridgehead atoms. The van der Waals surface area contributed by atoms with Gasteiger partial charge >= 0.3 is 0 Å². The number of benzene rings is 3. The Morgan fingerprint density at radius 2 is 1.52 bits per heavy atom. The van der Waals surface area contributed by atoms with Crippen LogP contribution in [0.15, 0.2) is 65.6 Å². The molecule has 4 aromatic rings. The van der Waals surface area contributed by atoms with Gasteiger partial charge in [0, 0.05) is 61.5 Å². The van der Waals surface area contributed by atoms with Crippen LogP contribution in [0.4, 0.5) is 14.5 Å². The number of unbranched alkanes of at least 4 members (excludes halogenated alkanes) is 5. The first-order chi connectivity index (χ1) is 26.2. The monoisotopic (exact) mass is 741 g/mol. The number of fused-ring (bicyclic) bond motifs is 4. The van der Waals surface area contributed by atoms with Crippen LogP contribution in [0.5, 0.6) is 17.2 Å². The molecule has 3 aliphatic rings. The molecule has 1 amide bonds. The summed E-state index contributed by atoms with van der Waals surface area (Å²) in [6.45, 7) is 11.8. The van der Waals surface area contributed by atoms with Gasteiger partial charge in [-0.25, -0.2) is 8.78 Å². The zero-order valence-electron chi connectivity index (χ0n) is 31.5. The van der Waals surface area contributed by atoms with E-state index in [0.29, 0.717) is 47.7 Å². The fourth-order valence-corrected chi connectivity index (χ4v) is 7.60. The Labute approximate surface area is 316 Å². The summed E-state index contributed by atoms with van der Waals surface area (Å²) in [5.74, 6) is 1.43. The zero-order valence-corrected chi connectivity index (χ0v) is 31.5. The molecule has 0 N–H and O–H groups in total. The first-order valence-electron chi connectivity index (χ1n) is 19.2. The molecule has 7 rings (SSSR count). The van der Waals surface area contributed by atoms with E-state index in [0.717, 1.165) is 36.3 Å². The van der Waals surface area contributed by atoms with Crippen LogP contribution in [0.3, 0.4) is 0 Å². The van der Waals surface area contributed by atoms with Crippen LogP contribution in [-0.4, -0.2) is 92.5 Å². The molecule has 54 heavy (non-hydrogen) atoms. The van der Waals surface area contributed by atoms with Crippen molar-refractivity contribution in [2.75, 3.05) is 77.6 Å². The predicted molar refractivity (Wildman–Crippen MR) is 208 cm³/mol. The number of piperazine rings is 3. The van der Waals surface area contributed by atoms with Crippen LogP contribution in [0.1, 0.15) is 62.2 Å². The molecule has 0 unspecified atom stereocenters. The van der Waals surface area contributed by atoms with Crippen molar-refractivity contribution in [3.05, 3.63) is 88.2 Å². The number of quaternary nitrogens is 1. The van der Waals surface area contributed by atoms with Crippen LogP contribution in [-0.2, 0) is 0 Å². The average Bonchev–Trinajstić information content (AvgIpc) is 3.18. The Morgan fingerprint density at radius 1 is 0.852 bits per heavy atom. The van der Waals surface area contributed by atoms with E-state index in [2.05, 4.69) is 10.8 Å². The molecular weight excluding hydrogens is 690 g/mol. The first-order valence-corrected chi connectivity index (χ1v) is 19.2. The smallest absolute Gasteiger partial charge is 0.264 e. The highest BCUT2D eigenvalue weighted by molar-refractivity contribution is 6.08. The maximum atomic E-state index is 14.2. The van der Waals surface area contributed by atoms with E-state index in [1.165, 1.54) is 82.2 Å². The number of nitrogens with zero attached hydrogens (tertiary/aromatic N) is 4. The summed E-state index contributed by atoms with van der Waals surface area (Å²) in [6.07, 6.45) is 14.7. The Morgan fingerprint density at radius 3 is 2.20 bits per heavy atom. The van der Waals surface area contributed by atoms with E-state index in [1.807, 2.05) is 6.92 Å². The molecule has 3 aromatic carbocycles. The largest absolute Gasteiger partial charge is 0.497 e. The maximum absolute atomic E-state index is 14.2. The van der Waals surface area contributed by atoms with E-state index in [4.69, 9.17) is 20.6 Å². The van der Waals surface area contributed by atoms with E-state index in [9.17, 15) is 18.4 Å². The molecule has 0 aliphatic carbocycles. The summed E-state index contributed by atoms with van der Waals surface area (Å²) in [6, 6.07) is 13.2. The third-order valence-corrected chi connectivity index (χ3v) is 10.7. The van der Waals surface area contributed by atoms with Crippen LogP contribution in [0, 0.1) is 24.0 Å². The Hall–Kier alpha value is -4.92. The lowest BCUT2D eigenvalue weighted by molar-refractivity contribution is -0.941. The van der Waals surface area contributed by atoms with Crippen LogP contribution >= 0.6 is 0 Å². The van der Waals surface area contributed by atoms with Crippen LogP contribution in [0.25, 0.3) is 16.6 Å². The van der Waals surface area contributed by atoms with Gasteiger partial charge in [-0.05, 0) is 49.9 Å². The van der Waals surface area contributed by atoms with Crippen molar-refractivity contribution in [2.45, 2.75) is 51.9 Å². The molecule has 9 nitrogen and oxygen atoms in total. The van der Waals surface area contributed by atoms with Crippen molar-refractivity contribution in [1.82, 2.24) is 9.47 Å². The Bertz CT molecular complexity index is 2000. The van der Waals surface area contributed by atoms with Gasteiger partial charge in [-0.15, -0.1) is 6.42 Å². The van der Waals surface area contributed by atoms with Gasteiger partial charge in [0.25, 0.3) is 5.91 Å². The molecule has 0 radical (unpaired) electrons. The quantitative estimate of drug-likeness (QED) is 0.0610. The van der Waals surface area contributed by atoms with Gasteiger partial charge in [0.05, 0.1) is 69.9 Å². The first kappa shape index (κ1) is 38.8. The summed E-state index contributed by atoms with van der Waals surface area (Å²) >= 11 is 0. The number of aromatic nitrogens is 1. The van der Waals surface area contributed by atoms with Crippen molar-refractivity contribution < 1.29 is 32.3 Å². The van der Waals surface area contributed by atoms with E-state index in [-0.39, 0.29) is 23.2 Å². The number of pyridine rings is 1. The fraction of sp³-hybridized carbons (Fsp3) is 0.442. The third-order valence-electron chi connectivity index (χ3n) is 10.7. The topological polar surface area (TPSA) is 73.2 Å². The Balaban J connectivity index is 1.21. The molecule has 0 spiro atoms. The number of hydrogen-bond acceptors (Lipinski definition) is 6. The molecule has 0 atom stereocenters. The van der Waals surface area contributed by atoms with Gasteiger partial charge in [-0.1, -0.05) is 32.1 Å². The minimum absolute atomic E-state index is 0.106. The number of carbonyl (C=O) groups excluding carboxylic acids is 1. The maximum Gasteiger partial charge on any atom is 0.264 e. The highest BCUT2D eigenvalue weighted by Gasteiger charge is 2.37. The number of anilines is 1. The van der Waals surface area contributed by atoms with Crippen LogP contribution in [0.2, 0.25) is 0 Å². The zero-order chi connectivity index (χ0) is 38.1. The molecule has 1 aromatic heterocycles. The molecule has 11 heteroatoms. The molecule has 0 saturated carbocycles. The SMILES string of the molecule is C#CCN(C(=O)c1cn(-c2cc(OC)cc(OCCC)c2)c2cc(OCCCCCCCC[N+]34CCN(CC3)CC4)ccc2c1=O)c1cc(F)cc(F)c1. The van der Waals surface area contributed by atoms with E-state index in [1.54, 1.807) is 48.1 Å². The second-order valence-electron chi connectivity index (χ2n) is 14.4. The molecule has 3 fully saturated rings. The number of methoxy groups -OCH3 is 1. The summed E-state index contributed by atoms with van der Waals surface area (Å²) in [7, 11) is 1.54. The van der Waals surface area contributed by atoms with Crippen molar-refractivity contribution in [1.29, 1.82) is 0 Å². The van der Waals surface area contributed by atoms with Gasteiger partial charge in [-0.2, -0.15) is 0 Å². The number of ether oxygens (including phenoxy) is 3. The molecule has 3 saturated heterocycles. The molecule has 3 aliphatic heterocycles.